The molecule has 0 aromatic heterocycles. The van der Waals surface area contributed by atoms with Gasteiger partial charge >= 0.3 is 0 Å². The molecule has 0 aliphatic rings. The minimum absolute atomic E-state index is 0.327. The molecule has 5 nitrogen and oxygen atoms in total. The van der Waals surface area contributed by atoms with Gasteiger partial charge in [-0.25, -0.2) is 5.43 Å². The molecule has 3 rings (SSSR count). The summed E-state index contributed by atoms with van der Waals surface area (Å²) in [7, 11) is 1.57. The number of hydrazone groups is 1. The summed E-state index contributed by atoms with van der Waals surface area (Å²) in [5.41, 5.74) is 5.95. The van der Waals surface area contributed by atoms with Crippen LogP contribution in [0.2, 0.25) is 5.02 Å². The number of hydrogen-bond acceptors (Lipinski definition) is 4. The monoisotopic (exact) mass is 486 g/mol. The molecule has 0 atom stereocenters. The van der Waals surface area contributed by atoms with E-state index in [2.05, 4.69) is 26.5 Å². The minimum atomic E-state index is -0.327. The van der Waals surface area contributed by atoms with E-state index in [4.69, 9.17) is 21.1 Å². The lowest BCUT2D eigenvalue weighted by Gasteiger charge is -2.13. The minimum Gasteiger partial charge on any atom is -0.493 e. The molecule has 0 fully saturated rings. The predicted octanol–water partition coefficient (Wildman–Crippen LogP) is 5.76. The van der Waals surface area contributed by atoms with Gasteiger partial charge in [0.15, 0.2) is 11.5 Å². The van der Waals surface area contributed by atoms with Crippen molar-refractivity contribution in [2.24, 2.45) is 5.10 Å². The predicted molar refractivity (Wildman–Crippen MR) is 123 cm³/mol. The molecule has 0 heterocycles. The number of hydrogen-bond donors (Lipinski definition) is 1. The quantitative estimate of drug-likeness (QED) is 0.340. The Bertz CT molecular complexity index is 1050. The molecule has 0 saturated heterocycles. The first-order valence-corrected chi connectivity index (χ1v) is 10.3. The number of carbonyl (C=O) groups is 1. The molecule has 0 bridgehead atoms. The summed E-state index contributed by atoms with van der Waals surface area (Å²) < 4.78 is 12.1. The maximum atomic E-state index is 12.1. The van der Waals surface area contributed by atoms with Crippen molar-refractivity contribution in [2.75, 3.05) is 7.11 Å². The van der Waals surface area contributed by atoms with Gasteiger partial charge in [-0.2, -0.15) is 5.10 Å². The van der Waals surface area contributed by atoms with E-state index < -0.39 is 0 Å². The van der Waals surface area contributed by atoms with Crippen molar-refractivity contribution in [3.8, 4) is 11.5 Å². The fourth-order valence-corrected chi connectivity index (χ4v) is 3.33. The Hall–Kier alpha value is -2.83. The van der Waals surface area contributed by atoms with Gasteiger partial charge in [0.05, 0.1) is 17.8 Å². The highest BCUT2D eigenvalue weighted by Gasteiger charge is 2.12. The Morgan fingerprint density at radius 3 is 2.50 bits per heavy atom. The summed E-state index contributed by atoms with van der Waals surface area (Å²) in [6.45, 7) is 2.46. The molecule has 0 saturated carbocycles. The van der Waals surface area contributed by atoms with Crippen molar-refractivity contribution in [3.05, 3.63) is 92.4 Å². The molecule has 0 unspecified atom stereocenters. The number of aryl methyl sites for hydroxylation is 1. The SMILES string of the molecule is COc1cc(/C=N\NC(=O)c2ccc(Cl)cc2)cc(Br)c1OCc1ccc(C)cc1. The van der Waals surface area contributed by atoms with E-state index in [9.17, 15) is 4.79 Å². The highest BCUT2D eigenvalue weighted by molar-refractivity contribution is 9.10. The number of benzene rings is 3. The second-order valence-corrected chi connectivity index (χ2v) is 7.81. The largest absolute Gasteiger partial charge is 0.493 e. The van der Waals surface area contributed by atoms with Gasteiger partial charge in [-0.15, -0.1) is 0 Å². The molecule has 1 N–H and O–H groups in total. The smallest absolute Gasteiger partial charge is 0.271 e. The number of carbonyl (C=O) groups excluding carboxylic acids is 1. The summed E-state index contributed by atoms with van der Waals surface area (Å²) in [5.74, 6) is 0.828. The van der Waals surface area contributed by atoms with E-state index in [1.165, 1.54) is 11.8 Å². The van der Waals surface area contributed by atoms with Crippen LogP contribution in [0.5, 0.6) is 11.5 Å². The molecule has 7 heteroatoms. The topological polar surface area (TPSA) is 59.9 Å². The van der Waals surface area contributed by atoms with Gasteiger partial charge in [0, 0.05) is 10.6 Å². The molecule has 154 valence electrons. The molecule has 0 aliphatic heterocycles. The third kappa shape index (κ3) is 5.84. The summed E-state index contributed by atoms with van der Waals surface area (Å²) in [6, 6.07) is 18.3. The third-order valence-electron chi connectivity index (χ3n) is 4.24. The lowest BCUT2D eigenvalue weighted by atomic mass is 10.2. The van der Waals surface area contributed by atoms with Crippen LogP contribution in [0.1, 0.15) is 27.0 Å². The van der Waals surface area contributed by atoms with E-state index in [1.54, 1.807) is 37.4 Å². The van der Waals surface area contributed by atoms with Crippen molar-refractivity contribution < 1.29 is 14.3 Å². The second kappa shape index (κ2) is 10.3. The van der Waals surface area contributed by atoms with Crippen molar-refractivity contribution in [2.45, 2.75) is 13.5 Å². The van der Waals surface area contributed by atoms with Crippen molar-refractivity contribution in [3.63, 3.8) is 0 Å². The average Bonchev–Trinajstić information content (AvgIpc) is 2.74. The van der Waals surface area contributed by atoms with Crippen LogP contribution in [0.4, 0.5) is 0 Å². The number of nitrogens with zero attached hydrogens (tertiary/aromatic N) is 1. The van der Waals surface area contributed by atoms with Crippen LogP contribution in [0.3, 0.4) is 0 Å². The van der Waals surface area contributed by atoms with Crippen LogP contribution < -0.4 is 14.9 Å². The Morgan fingerprint density at radius 2 is 1.83 bits per heavy atom. The normalized spacial score (nSPS) is 10.8. The summed E-state index contributed by atoms with van der Waals surface area (Å²) in [6.07, 6.45) is 1.53. The molecule has 3 aromatic carbocycles. The Labute approximate surface area is 188 Å². The van der Waals surface area contributed by atoms with Gasteiger partial charge in [-0.3, -0.25) is 4.79 Å². The van der Waals surface area contributed by atoms with E-state index in [1.807, 2.05) is 37.3 Å². The van der Waals surface area contributed by atoms with Gasteiger partial charge in [-0.1, -0.05) is 41.4 Å². The summed E-state index contributed by atoms with van der Waals surface area (Å²) >= 11 is 9.35. The Balaban J connectivity index is 1.68. The number of ether oxygens (including phenoxy) is 2. The van der Waals surface area contributed by atoms with Crippen LogP contribution in [0, 0.1) is 6.92 Å². The summed E-state index contributed by atoms with van der Waals surface area (Å²) in [4.78, 5) is 12.1. The Morgan fingerprint density at radius 1 is 1.13 bits per heavy atom. The van der Waals surface area contributed by atoms with E-state index in [0.29, 0.717) is 28.7 Å². The zero-order valence-electron chi connectivity index (χ0n) is 16.5. The standard InChI is InChI=1S/C23H20BrClN2O3/c1-15-3-5-16(6-4-15)14-30-22-20(24)11-17(12-21(22)29-2)13-26-27-23(28)18-7-9-19(25)10-8-18/h3-13H,14H2,1-2H3,(H,27,28)/b26-13-. The van der Waals surface area contributed by atoms with Crippen LogP contribution in [0.25, 0.3) is 0 Å². The average molecular weight is 488 g/mol. The van der Waals surface area contributed by atoms with Crippen LogP contribution in [-0.2, 0) is 6.61 Å². The number of methoxy groups -OCH3 is 1. The van der Waals surface area contributed by atoms with Crippen LogP contribution >= 0.6 is 27.5 Å². The van der Waals surface area contributed by atoms with Gasteiger partial charge in [0.1, 0.15) is 6.61 Å². The Kier molecular flexibility index (Phi) is 7.49. The van der Waals surface area contributed by atoms with E-state index in [0.717, 1.165) is 15.6 Å². The molecule has 0 radical (unpaired) electrons. The lowest BCUT2D eigenvalue weighted by Crippen LogP contribution is -2.17. The molecule has 0 aliphatic carbocycles. The first kappa shape index (κ1) is 21.9. The maximum Gasteiger partial charge on any atom is 0.271 e. The van der Waals surface area contributed by atoms with Crippen molar-refractivity contribution in [1.82, 2.24) is 5.43 Å². The van der Waals surface area contributed by atoms with Gasteiger partial charge in [-0.05, 0) is 70.4 Å². The number of nitrogens with one attached hydrogen (secondary N) is 1. The second-order valence-electron chi connectivity index (χ2n) is 6.51. The molecule has 1 amide bonds. The van der Waals surface area contributed by atoms with E-state index in [-0.39, 0.29) is 5.91 Å². The molecule has 3 aromatic rings. The van der Waals surface area contributed by atoms with Crippen molar-refractivity contribution in [1.29, 1.82) is 0 Å². The number of halogens is 2. The highest BCUT2D eigenvalue weighted by Crippen LogP contribution is 2.36. The fraction of sp³-hybridized carbons (Fsp3) is 0.130. The number of amides is 1. The third-order valence-corrected chi connectivity index (χ3v) is 5.08. The fourth-order valence-electron chi connectivity index (χ4n) is 2.63. The molecular weight excluding hydrogens is 468 g/mol. The van der Waals surface area contributed by atoms with E-state index >= 15 is 0 Å². The van der Waals surface area contributed by atoms with Gasteiger partial charge < -0.3 is 9.47 Å². The lowest BCUT2D eigenvalue weighted by molar-refractivity contribution is 0.0955. The zero-order chi connectivity index (χ0) is 21.5. The molecule has 30 heavy (non-hydrogen) atoms. The van der Waals surface area contributed by atoms with Crippen LogP contribution in [0.15, 0.2) is 70.2 Å². The van der Waals surface area contributed by atoms with Crippen LogP contribution in [-0.4, -0.2) is 19.2 Å². The summed E-state index contributed by atoms with van der Waals surface area (Å²) in [5, 5.41) is 4.58. The van der Waals surface area contributed by atoms with Crippen molar-refractivity contribution >= 4 is 39.7 Å². The van der Waals surface area contributed by atoms with Gasteiger partial charge in [0.2, 0.25) is 0 Å². The highest BCUT2D eigenvalue weighted by atomic mass is 79.9. The molecular formula is C23H20BrClN2O3. The first-order chi connectivity index (χ1) is 14.5. The number of rotatable bonds is 7. The first-order valence-electron chi connectivity index (χ1n) is 9.11. The maximum absolute atomic E-state index is 12.1. The molecule has 0 spiro atoms. The van der Waals surface area contributed by atoms with Gasteiger partial charge in [0.25, 0.3) is 5.91 Å². The zero-order valence-corrected chi connectivity index (χ0v) is 18.8.